The Hall–Kier alpha value is -0.530. The number of carbonyl (C=O) groups excluding carboxylic acids is 1. The second kappa shape index (κ2) is 4.64. The first-order chi connectivity index (χ1) is 6.25. The van der Waals surface area contributed by atoms with Crippen molar-refractivity contribution in [2.24, 2.45) is 5.41 Å². The fourth-order valence-electron chi connectivity index (χ4n) is 1.96. The van der Waals surface area contributed by atoms with Crippen LogP contribution >= 0.6 is 0 Å². The van der Waals surface area contributed by atoms with Gasteiger partial charge >= 0.3 is 5.97 Å². The van der Waals surface area contributed by atoms with Gasteiger partial charge in [0.1, 0.15) is 0 Å². The molecule has 13 heavy (non-hydrogen) atoms. The Bertz CT molecular complexity index is 171. The molecule has 0 amide bonds. The van der Waals surface area contributed by atoms with E-state index in [9.17, 15) is 4.79 Å². The molecule has 1 rings (SSSR count). The van der Waals surface area contributed by atoms with Crippen molar-refractivity contribution in [3.63, 3.8) is 0 Å². The summed E-state index contributed by atoms with van der Waals surface area (Å²) in [6, 6.07) is 0. The second-order valence-corrected chi connectivity index (χ2v) is 3.96. The van der Waals surface area contributed by atoms with Gasteiger partial charge < -0.3 is 4.74 Å². The minimum Gasteiger partial charge on any atom is -0.466 e. The molecule has 0 aromatic rings. The smallest absolute Gasteiger partial charge is 0.312 e. The molecule has 1 aliphatic carbocycles. The maximum atomic E-state index is 11.6. The predicted octanol–water partition coefficient (Wildman–Crippen LogP) is 2.91. The lowest BCUT2D eigenvalue weighted by Crippen LogP contribution is -2.39. The van der Waals surface area contributed by atoms with Crippen LogP contribution in [0.25, 0.3) is 0 Å². The summed E-state index contributed by atoms with van der Waals surface area (Å²) in [5.74, 6) is 0.0506. The summed E-state index contributed by atoms with van der Waals surface area (Å²) in [6.45, 7) is 4.56. The van der Waals surface area contributed by atoms with E-state index in [4.69, 9.17) is 4.74 Å². The summed E-state index contributed by atoms with van der Waals surface area (Å²) in [6.07, 6.45) is 6.64. The lowest BCUT2D eigenvalue weighted by atomic mass is 9.66. The highest BCUT2D eigenvalue weighted by atomic mass is 16.5. The van der Waals surface area contributed by atoms with Crippen LogP contribution in [0.5, 0.6) is 0 Å². The highest BCUT2D eigenvalue weighted by Crippen LogP contribution is 2.46. The quantitative estimate of drug-likeness (QED) is 0.614. The molecule has 0 aromatic carbocycles. The van der Waals surface area contributed by atoms with E-state index in [2.05, 4.69) is 6.92 Å². The highest BCUT2D eigenvalue weighted by Gasteiger charge is 2.44. The number of esters is 1. The van der Waals surface area contributed by atoms with E-state index in [-0.39, 0.29) is 11.4 Å². The molecule has 0 atom stereocenters. The first-order valence-electron chi connectivity index (χ1n) is 5.42. The maximum absolute atomic E-state index is 11.6. The van der Waals surface area contributed by atoms with Crippen LogP contribution in [-0.2, 0) is 9.53 Å². The molecule has 0 unspecified atom stereocenters. The topological polar surface area (TPSA) is 26.3 Å². The van der Waals surface area contributed by atoms with Crippen molar-refractivity contribution >= 4 is 5.97 Å². The van der Waals surface area contributed by atoms with Crippen LogP contribution in [0.15, 0.2) is 0 Å². The SMILES string of the molecule is CCCCC1(C(=O)OCC)CCC1. The largest absolute Gasteiger partial charge is 0.466 e. The Morgan fingerprint density at radius 1 is 1.38 bits per heavy atom. The number of ether oxygens (including phenoxy) is 1. The first-order valence-corrected chi connectivity index (χ1v) is 5.42. The lowest BCUT2D eigenvalue weighted by Gasteiger charge is -2.39. The average molecular weight is 184 g/mol. The number of carbonyl (C=O) groups is 1. The predicted molar refractivity (Wildman–Crippen MR) is 52.4 cm³/mol. The van der Waals surface area contributed by atoms with Gasteiger partial charge in [0.25, 0.3) is 0 Å². The lowest BCUT2D eigenvalue weighted by molar-refractivity contribution is -0.161. The van der Waals surface area contributed by atoms with E-state index in [1.807, 2.05) is 6.92 Å². The van der Waals surface area contributed by atoms with Gasteiger partial charge in [-0.3, -0.25) is 4.79 Å². The number of unbranched alkanes of at least 4 members (excludes halogenated alkanes) is 1. The molecule has 0 saturated heterocycles. The molecule has 0 N–H and O–H groups in total. The molecule has 1 fully saturated rings. The van der Waals surface area contributed by atoms with E-state index in [0.717, 1.165) is 25.7 Å². The average Bonchev–Trinajstić information content (AvgIpc) is 2.03. The summed E-state index contributed by atoms with van der Waals surface area (Å²) >= 11 is 0. The molecule has 0 spiro atoms. The zero-order chi connectivity index (χ0) is 9.73. The third kappa shape index (κ3) is 2.23. The molecule has 0 bridgehead atoms. The van der Waals surface area contributed by atoms with Crippen LogP contribution in [0.2, 0.25) is 0 Å². The fraction of sp³-hybridized carbons (Fsp3) is 0.909. The van der Waals surface area contributed by atoms with Crippen LogP contribution in [0.3, 0.4) is 0 Å². The minimum atomic E-state index is -0.0774. The summed E-state index contributed by atoms with van der Waals surface area (Å²) in [7, 11) is 0. The zero-order valence-electron chi connectivity index (χ0n) is 8.77. The molecule has 2 nitrogen and oxygen atoms in total. The van der Waals surface area contributed by atoms with Gasteiger partial charge in [0, 0.05) is 0 Å². The first kappa shape index (κ1) is 10.6. The standard InChI is InChI=1S/C11H20O2/c1-3-5-7-11(8-6-9-11)10(12)13-4-2/h3-9H2,1-2H3. The Morgan fingerprint density at radius 2 is 2.08 bits per heavy atom. The molecule has 76 valence electrons. The zero-order valence-corrected chi connectivity index (χ0v) is 8.77. The van der Waals surface area contributed by atoms with Crippen molar-refractivity contribution in [2.75, 3.05) is 6.61 Å². The van der Waals surface area contributed by atoms with E-state index >= 15 is 0 Å². The number of hydrogen-bond donors (Lipinski definition) is 0. The van der Waals surface area contributed by atoms with E-state index < -0.39 is 0 Å². The van der Waals surface area contributed by atoms with Crippen molar-refractivity contribution < 1.29 is 9.53 Å². The van der Waals surface area contributed by atoms with Gasteiger partial charge in [-0.15, -0.1) is 0 Å². The van der Waals surface area contributed by atoms with Crippen LogP contribution in [0.1, 0.15) is 52.4 Å². The highest BCUT2D eigenvalue weighted by molar-refractivity contribution is 5.77. The second-order valence-electron chi connectivity index (χ2n) is 3.96. The molecule has 0 heterocycles. The van der Waals surface area contributed by atoms with E-state index in [1.165, 1.54) is 12.8 Å². The molecule has 0 aromatic heterocycles. The summed E-state index contributed by atoms with van der Waals surface area (Å²) in [4.78, 5) is 11.6. The third-order valence-corrected chi connectivity index (χ3v) is 3.03. The Labute approximate surface area is 80.7 Å². The van der Waals surface area contributed by atoms with Gasteiger partial charge in [-0.25, -0.2) is 0 Å². The van der Waals surface area contributed by atoms with Gasteiger partial charge in [0.2, 0.25) is 0 Å². The Balaban J connectivity index is 2.43. The van der Waals surface area contributed by atoms with Crippen molar-refractivity contribution in [2.45, 2.75) is 52.4 Å². The third-order valence-electron chi connectivity index (χ3n) is 3.03. The van der Waals surface area contributed by atoms with Gasteiger partial charge in [0.15, 0.2) is 0 Å². The van der Waals surface area contributed by atoms with Gasteiger partial charge in [0.05, 0.1) is 12.0 Å². The van der Waals surface area contributed by atoms with Crippen molar-refractivity contribution in [1.29, 1.82) is 0 Å². The maximum Gasteiger partial charge on any atom is 0.312 e. The van der Waals surface area contributed by atoms with Gasteiger partial charge in [-0.1, -0.05) is 26.2 Å². The molecule has 1 aliphatic rings. The molecular weight excluding hydrogens is 164 g/mol. The number of rotatable bonds is 5. The van der Waals surface area contributed by atoms with Gasteiger partial charge in [-0.05, 0) is 26.2 Å². The monoisotopic (exact) mass is 184 g/mol. The van der Waals surface area contributed by atoms with Crippen LogP contribution in [0, 0.1) is 5.41 Å². The molecular formula is C11H20O2. The Morgan fingerprint density at radius 3 is 2.46 bits per heavy atom. The van der Waals surface area contributed by atoms with Crippen molar-refractivity contribution in [1.82, 2.24) is 0 Å². The summed E-state index contributed by atoms with van der Waals surface area (Å²) in [5.41, 5.74) is -0.0774. The molecule has 1 saturated carbocycles. The van der Waals surface area contributed by atoms with E-state index in [0.29, 0.717) is 6.61 Å². The van der Waals surface area contributed by atoms with Gasteiger partial charge in [-0.2, -0.15) is 0 Å². The normalized spacial score (nSPS) is 19.2. The molecule has 0 radical (unpaired) electrons. The summed E-state index contributed by atoms with van der Waals surface area (Å²) in [5, 5.41) is 0. The molecule has 2 heteroatoms. The molecule has 0 aliphatic heterocycles. The minimum absolute atomic E-state index is 0.0506. The van der Waals surface area contributed by atoms with Crippen LogP contribution < -0.4 is 0 Å². The fourth-order valence-corrected chi connectivity index (χ4v) is 1.96. The van der Waals surface area contributed by atoms with Crippen molar-refractivity contribution in [3.8, 4) is 0 Å². The van der Waals surface area contributed by atoms with Crippen LogP contribution in [-0.4, -0.2) is 12.6 Å². The summed E-state index contributed by atoms with van der Waals surface area (Å²) < 4.78 is 5.11. The Kier molecular flexibility index (Phi) is 3.76. The van der Waals surface area contributed by atoms with Crippen molar-refractivity contribution in [3.05, 3.63) is 0 Å². The van der Waals surface area contributed by atoms with E-state index in [1.54, 1.807) is 0 Å². The van der Waals surface area contributed by atoms with Crippen LogP contribution in [0.4, 0.5) is 0 Å². The number of hydrogen-bond acceptors (Lipinski definition) is 2.